The Hall–Kier alpha value is -0.850. The van der Waals surface area contributed by atoms with Gasteiger partial charge in [0.05, 0.1) is 0 Å². The van der Waals surface area contributed by atoms with Crippen LogP contribution in [0.3, 0.4) is 0 Å². The lowest BCUT2D eigenvalue weighted by molar-refractivity contribution is 1.30. The molecule has 0 spiro atoms. The molecule has 0 bridgehead atoms. The van der Waals surface area contributed by atoms with Gasteiger partial charge in [-0.2, -0.15) is 0 Å². The van der Waals surface area contributed by atoms with E-state index in [0.717, 1.165) is 5.70 Å². The molecule has 0 fully saturated rings. The summed E-state index contributed by atoms with van der Waals surface area (Å²) in [6, 6.07) is 0. The first-order valence-electron chi connectivity index (χ1n) is 3.59. The molecule has 0 radical (unpaired) electrons. The van der Waals surface area contributed by atoms with E-state index in [9.17, 15) is 0 Å². The third-order valence-electron chi connectivity index (χ3n) is 0.801. The van der Waals surface area contributed by atoms with Gasteiger partial charge in [-0.25, -0.2) is 0 Å². The van der Waals surface area contributed by atoms with Gasteiger partial charge in [-0.05, 0) is 13.8 Å². The van der Waals surface area contributed by atoms with Crippen LogP contribution in [0, 0.1) is 0 Å². The van der Waals surface area contributed by atoms with Crippen LogP contribution in [0.25, 0.3) is 0 Å². The predicted molar refractivity (Wildman–Crippen MR) is 49.5 cm³/mol. The summed E-state index contributed by atoms with van der Waals surface area (Å²) in [6.07, 6.45) is 5.28. The van der Waals surface area contributed by atoms with Crippen molar-refractivity contribution in [1.29, 1.82) is 0 Å². The molecule has 10 heavy (non-hydrogen) atoms. The van der Waals surface area contributed by atoms with Gasteiger partial charge < -0.3 is 0 Å². The molecule has 0 aliphatic rings. The van der Waals surface area contributed by atoms with Gasteiger partial charge in [0.1, 0.15) is 0 Å². The summed E-state index contributed by atoms with van der Waals surface area (Å²) in [5, 5.41) is 0. The van der Waals surface area contributed by atoms with Crippen LogP contribution in [-0.2, 0) is 0 Å². The first kappa shape index (κ1) is 11.9. The Balaban J connectivity index is 0. The Labute approximate surface area is 64.2 Å². The largest absolute Gasteiger partial charge is 0.262 e. The minimum atomic E-state index is 1.02. The predicted octanol–water partition coefficient (Wildman–Crippen LogP) is 3.19. The number of hydrogen-bond acceptors (Lipinski definition) is 1. The van der Waals surface area contributed by atoms with Gasteiger partial charge in [0, 0.05) is 11.9 Å². The second kappa shape index (κ2) is 11.0. The maximum Gasteiger partial charge on any atom is 0.0330 e. The van der Waals surface area contributed by atoms with Crippen LogP contribution in [0.2, 0.25) is 0 Å². The van der Waals surface area contributed by atoms with E-state index in [1.165, 1.54) is 0 Å². The van der Waals surface area contributed by atoms with Gasteiger partial charge in [-0.15, -0.1) is 0 Å². The number of rotatable bonds is 2. The average Bonchev–Trinajstić information content (AvgIpc) is 2.04. The molecule has 0 heterocycles. The van der Waals surface area contributed by atoms with E-state index in [4.69, 9.17) is 0 Å². The van der Waals surface area contributed by atoms with Gasteiger partial charge in [0.2, 0.25) is 0 Å². The van der Waals surface area contributed by atoms with Crippen LogP contribution in [0.1, 0.15) is 27.7 Å². The standard InChI is InChI=1S/C7H11N.C2H6/c1-4-6-8-7(3)5-2;1-2/h4-6H,1H2,2-3H3;1-2H3/b7-5-,8-6?;. The van der Waals surface area contributed by atoms with Crippen LogP contribution in [0.4, 0.5) is 0 Å². The summed E-state index contributed by atoms with van der Waals surface area (Å²) in [5.41, 5.74) is 1.02. The third kappa shape index (κ3) is 10.2. The van der Waals surface area contributed by atoms with E-state index in [0.29, 0.717) is 0 Å². The lowest BCUT2D eigenvalue weighted by Crippen LogP contribution is -1.66. The van der Waals surface area contributed by atoms with Gasteiger partial charge in [-0.1, -0.05) is 32.6 Å². The highest BCUT2D eigenvalue weighted by Crippen LogP contribution is 1.89. The van der Waals surface area contributed by atoms with Gasteiger partial charge >= 0.3 is 0 Å². The van der Waals surface area contributed by atoms with Crippen LogP contribution in [0.15, 0.2) is 29.4 Å². The second-order valence-corrected chi connectivity index (χ2v) is 1.44. The molecule has 0 unspecified atom stereocenters. The van der Waals surface area contributed by atoms with Crippen molar-refractivity contribution < 1.29 is 0 Å². The number of nitrogens with zero attached hydrogens (tertiary/aromatic N) is 1. The Kier molecular flexibility index (Phi) is 13.1. The van der Waals surface area contributed by atoms with Crippen molar-refractivity contribution in [3.8, 4) is 0 Å². The van der Waals surface area contributed by atoms with Gasteiger partial charge in [0.25, 0.3) is 0 Å². The van der Waals surface area contributed by atoms with E-state index in [1.54, 1.807) is 12.3 Å². The lowest BCUT2D eigenvalue weighted by Gasteiger charge is -1.82. The molecule has 0 rings (SSSR count). The zero-order chi connectivity index (χ0) is 8.41. The smallest absolute Gasteiger partial charge is 0.0330 e. The maximum atomic E-state index is 3.98. The number of hydrogen-bond donors (Lipinski definition) is 0. The summed E-state index contributed by atoms with van der Waals surface area (Å²) in [7, 11) is 0. The fraction of sp³-hybridized carbons (Fsp3) is 0.444. The SMILES string of the molecule is C=CC=N/C(C)=C\C.CC. The normalized spacial score (nSPS) is 10.6. The Bertz CT molecular complexity index is 121. The Morgan fingerprint density at radius 2 is 1.90 bits per heavy atom. The quantitative estimate of drug-likeness (QED) is 0.521. The zero-order valence-corrected chi connectivity index (χ0v) is 7.39. The first-order valence-corrected chi connectivity index (χ1v) is 3.59. The Morgan fingerprint density at radius 1 is 1.40 bits per heavy atom. The fourth-order valence-corrected chi connectivity index (χ4v) is 0.245. The molecule has 0 aromatic heterocycles. The third-order valence-corrected chi connectivity index (χ3v) is 0.801. The van der Waals surface area contributed by atoms with Crippen molar-refractivity contribution >= 4 is 6.21 Å². The fourth-order valence-electron chi connectivity index (χ4n) is 0.245. The Morgan fingerprint density at radius 3 is 2.20 bits per heavy atom. The van der Waals surface area contributed by atoms with Gasteiger partial charge in [0.15, 0.2) is 0 Å². The van der Waals surface area contributed by atoms with E-state index >= 15 is 0 Å². The molecule has 1 nitrogen and oxygen atoms in total. The zero-order valence-electron chi connectivity index (χ0n) is 7.39. The van der Waals surface area contributed by atoms with E-state index < -0.39 is 0 Å². The summed E-state index contributed by atoms with van der Waals surface area (Å²) < 4.78 is 0. The average molecular weight is 139 g/mol. The van der Waals surface area contributed by atoms with Gasteiger partial charge in [-0.3, -0.25) is 4.99 Å². The topological polar surface area (TPSA) is 12.4 Å². The van der Waals surface area contributed by atoms with Crippen molar-refractivity contribution in [1.82, 2.24) is 0 Å². The molecule has 0 saturated carbocycles. The first-order chi connectivity index (χ1) is 4.81. The van der Waals surface area contributed by atoms with Crippen LogP contribution in [0.5, 0.6) is 0 Å². The highest BCUT2D eigenvalue weighted by Gasteiger charge is 1.71. The second-order valence-electron chi connectivity index (χ2n) is 1.44. The van der Waals surface area contributed by atoms with E-state index in [-0.39, 0.29) is 0 Å². The molecule has 0 atom stereocenters. The summed E-state index contributed by atoms with van der Waals surface area (Å²) in [4.78, 5) is 3.98. The molecule has 0 amide bonds. The molecule has 0 saturated heterocycles. The molecule has 1 heteroatoms. The van der Waals surface area contributed by atoms with Crippen LogP contribution < -0.4 is 0 Å². The summed E-state index contributed by atoms with van der Waals surface area (Å²) >= 11 is 0. The lowest BCUT2D eigenvalue weighted by atomic mass is 10.5. The minimum Gasteiger partial charge on any atom is -0.262 e. The number of allylic oxidation sites excluding steroid dienone is 3. The molecule has 58 valence electrons. The highest BCUT2D eigenvalue weighted by atomic mass is 14.7. The van der Waals surface area contributed by atoms with Crippen molar-refractivity contribution in [2.75, 3.05) is 0 Å². The molecule has 0 aromatic rings. The van der Waals surface area contributed by atoms with Crippen LogP contribution >= 0.6 is 0 Å². The molecular weight excluding hydrogens is 122 g/mol. The highest BCUT2D eigenvalue weighted by molar-refractivity contribution is 5.71. The molecule has 0 aliphatic carbocycles. The number of aliphatic imine (C=N–C) groups is 1. The van der Waals surface area contributed by atoms with Crippen molar-refractivity contribution in [3.05, 3.63) is 24.4 Å². The molecule has 0 aliphatic heterocycles. The minimum absolute atomic E-state index is 1.02. The molecular formula is C9H17N. The summed E-state index contributed by atoms with van der Waals surface area (Å²) in [6.45, 7) is 11.4. The molecule has 0 N–H and O–H groups in total. The van der Waals surface area contributed by atoms with Crippen molar-refractivity contribution in [2.24, 2.45) is 4.99 Å². The monoisotopic (exact) mass is 139 g/mol. The summed E-state index contributed by atoms with van der Waals surface area (Å²) in [5.74, 6) is 0. The van der Waals surface area contributed by atoms with Crippen LogP contribution in [-0.4, -0.2) is 6.21 Å². The molecule has 0 aromatic carbocycles. The van der Waals surface area contributed by atoms with E-state index in [1.807, 2.05) is 33.8 Å². The maximum absolute atomic E-state index is 3.98. The van der Waals surface area contributed by atoms with Crippen molar-refractivity contribution in [3.63, 3.8) is 0 Å². The van der Waals surface area contributed by atoms with Crippen molar-refractivity contribution in [2.45, 2.75) is 27.7 Å². The van der Waals surface area contributed by atoms with E-state index in [2.05, 4.69) is 11.6 Å².